The zero-order valence-corrected chi connectivity index (χ0v) is 22.9. The molecule has 1 aliphatic rings. The molecule has 3 aromatic rings. The Morgan fingerprint density at radius 1 is 0.947 bits per heavy atom. The first-order valence-corrected chi connectivity index (χ1v) is 13.9. The fraction of sp³-hybridized carbons (Fsp3) is 0.438. The molecule has 0 spiro atoms. The standard InChI is InChI=1S/C32H40FN3O2/c1-4-25-12-16-27(17-13-25)32(38)35(24(2)3)23-31(37)36(29-9-6-5-7-10-29)22-30-11-8-20-34(30)21-26-14-18-28(33)19-15-26/h8,11-20,24,29H,4-7,9-10,21-23H2,1-3H3. The molecule has 1 heterocycles. The highest BCUT2D eigenvalue weighted by molar-refractivity contribution is 5.96. The molecular formula is C32H40FN3O2. The van der Waals surface area contributed by atoms with Gasteiger partial charge in [0.15, 0.2) is 0 Å². The molecule has 1 aliphatic carbocycles. The number of carbonyl (C=O) groups is 2. The van der Waals surface area contributed by atoms with Crippen molar-refractivity contribution in [3.63, 3.8) is 0 Å². The quantitative estimate of drug-likeness (QED) is 0.310. The predicted molar refractivity (Wildman–Crippen MR) is 149 cm³/mol. The summed E-state index contributed by atoms with van der Waals surface area (Å²) in [4.78, 5) is 31.0. The van der Waals surface area contributed by atoms with Gasteiger partial charge in [0.1, 0.15) is 12.4 Å². The number of hydrogen-bond acceptors (Lipinski definition) is 2. The average Bonchev–Trinajstić information content (AvgIpc) is 3.37. The van der Waals surface area contributed by atoms with Crippen LogP contribution in [0, 0.1) is 5.82 Å². The molecule has 5 nitrogen and oxygen atoms in total. The summed E-state index contributed by atoms with van der Waals surface area (Å²) in [6.07, 6.45) is 8.32. The zero-order chi connectivity index (χ0) is 27.1. The van der Waals surface area contributed by atoms with Gasteiger partial charge in [-0.2, -0.15) is 0 Å². The fourth-order valence-electron chi connectivity index (χ4n) is 5.30. The van der Waals surface area contributed by atoms with E-state index in [1.165, 1.54) is 24.1 Å². The molecule has 0 aliphatic heterocycles. The summed E-state index contributed by atoms with van der Waals surface area (Å²) in [6.45, 7) is 7.17. The normalized spacial score (nSPS) is 14.0. The molecule has 1 fully saturated rings. The minimum absolute atomic E-state index is 0.0151. The number of benzene rings is 2. The topological polar surface area (TPSA) is 45.6 Å². The molecule has 0 unspecified atom stereocenters. The van der Waals surface area contributed by atoms with E-state index >= 15 is 0 Å². The van der Waals surface area contributed by atoms with Crippen LogP contribution in [-0.2, 0) is 24.3 Å². The number of nitrogens with zero attached hydrogens (tertiary/aromatic N) is 3. The van der Waals surface area contributed by atoms with Crippen LogP contribution < -0.4 is 0 Å². The van der Waals surface area contributed by atoms with Crippen LogP contribution >= 0.6 is 0 Å². The molecule has 38 heavy (non-hydrogen) atoms. The van der Waals surface area contributed by atoms with Gasteiger partial charge in [-0.3, -0.25) is 9.59 Å². The molecule has 4 rings (SSSR count). The van der Waals surface area contributed by atoms with E-state index in [0.29, 0.717) is 18.7 Å². The summed E-state index contributed by atoms with van der Waals surface area (Å²) in [6, 6.07) is 18.3. The van der Waals surface area contributed by atoms with Gasteiger partial charge in [0, 0.05) is 36.1 Å². The SMILES string of the molecule is CCc1ccc(C(=O)N(CC(=O)N(Cc2cccn2Cc2ccc(F)cc2)C2CCCCC2)C(C)C)cc1. The Kier molecular flexibility index (Phi) is 9.38. The van der Waals surface area contributed by atoms with E-state index in [-0.39, 0.29) is 36.3 Å². The minimum Gasteiger partial charge on any atom is -0.345 e. The predicted octanol–water partition coefficient (Wildman–Crippen LogP) is 6.45. The van der Waals surface area contributed by atoms with Gasteiger partial charge >= 0.3 is 0 Å². The van der Waals surface area contributed by atoms with Crippen LogP contribution in [-0.4, -0.2) is 44.8 Å². The smallest absolute Gasteiger partial charge is 0.254 e. The van der Waals surface area contributed by atoms with Crippen molar-refractivity contribution in [2.24, 2.45) is 0 Å². The Hall–Kier alpha value is -3.41. The van der Waals surface area contributed by atoms with Crippen LogP contribution in [0.5, 0.6) is 0 Å². The largest absolute Gasteiger partial charge is 0.345 e. The Bertz CT molecular complexity index is 1190. The number of carbonyl (C=O) groups excluding carboxylic acids is 2. The third-order valence-corrected chi connectivity index (χ3v) is 7.66. The van der Waals surface area contributed by atoms with Crippen LogP contribution in [0.4, 0.5) is 4.39 Å². The van der Waals surface area contributed by atoms with Crippen LogP contribution in [0.1, 0.15) is 80.1 Å². The van der Waals surface area contributed by atoms with Gasteiger partial charge in [-0.25, -0.2) is 4.39 Å². The van der Waals surface area contributed by atoms with E-state index in [4.69, 9.17) is 0 Å². The molecule has 1 saturated carbocycles. The molecule has 0 saturated heterocycles. The summed E-state index contributed by atoms with van der Waals surface area (Å²) < 4.78 is 15.5. The first-order chi connectivity index (χ1) is 18.4. The van der Waals surface area contributed by atoms with E-state index in [2.05, 4.69) is 11.5 Å². The number of amides is 2. The van der Waals surface area contributed by atoms with Gasteiger partial charge in [0.25, 0.3) is 5.91 Å². The van der Waals surface area contributed by atoms with Crippen molar-refractivity contribution >= 4 is 11.8 Å². The van der Waals surface area contributed by atoms with Gasteiger partial charge in [0.05, 0.1) is 6.54 Å². The molecule has 1 aromatic heterocycles. The first kappa shape index (κ1) is 27.6. The Balaban J connectivity index is 1.54. The van der Waals surface area contributed by atoms with Gasteiger partial charge < -0.3 is 14.4 Å². The molecule has 0 radical (unpaired) electrons. The fourth-order valence-corrected chi connectivity index (χ4v) is 5.30. The van der Waals surface area contributed by atoms with E-state index in [9.17, 15) is 14.0 Å². The Morgan fingerprint density at radius 2 is 1.61 bits per heavy atom. The van der Waals surface area contributed by atoms with Crippen LogP contribution in [0.2, 0.25) is 0 Å². The Morgan fingerprint density at radius 3 is 2.24 bits per heavy atom. The summed E-state index contributed by atoms with van der Waals surface area (Å²) in [5.41, 5.74) is 3.83. The molecule has 0 N–H and O–H groups in total. The molecule has 2 aromatic carbocycles. The highest BCUT2D eigenvalue weighted by atomic mass is 19.1. The van der Waals surface area contributed by atoms with Crippen molar-refractivity contribution in [3.05, 3.63) is 95.1 Å². The molecule has 2 amide bonds. The lowest BCUT2D eigenvalue weighted by Crippen LogP contribution is -2.49. The van der Waals surface area contributed by atoms with Crippen molar-refractivity contribution in [2.45, 2.75) is 84.5 Å². The second-order valence-corrected chi connectivity index (χ2v) is 10.6. The van der Waals surface area contributed by atoms with Crippen molar-refractivity contribution in [1.82, 2.24) is 14.4 Å². The third kappa shape index (κ3) is 6.91. The van der Waals surface area contributed by atoms with Crippen molar-refractivity contribution in [1.29, 1.82) is 0 Å². The Labute approximate surface area is 226 Å². The molecule has 6 heteroatoms. The van der Waals surface area contributed by atoms with Gasteiger partial charge in [-0.1, -0.05) is 50.5 Å². The van der Waals surface area contributed by atoms with Crippen molar-refractivity contribution < 1.29 is 14.0 Å². The van der Waals surface area contributed by atoms with Gasteiger partial charge in [0.2, 0.25) is 5.91 Å². The third-order valence-electron chi connectivity index (χ3n) is 7.66. The number of aryl methyl sites for hydroxylation is 1. The van der Waals surface area contributed by atoms with Gasteiger partial charge in [-0.05, 0) is 80.6 Å². The van der Waals surface area contributed by atoms with E-state index in [1.54, 1.807) is 17.0 Å². The van der Waals surface area contributed by atoms with Gasteiger partial charge in [-0.15, -0.1) is 0 Å². The highest BCUT2D eigenvalue weighted by Gasteiger charge is 2.30. The second-order valence-electron chi connectivity index (χ2n) is 10.6. The minimum atomic E-state index is -0.249. The maximum Gasteiger partial charge on any atom is 0.254 e. The number of hydrogen-bond donors (Lipinski definition) is 0. The maximum atomic E-state index is 13.9. The summed E-state index contributed by atoms with van der Waals surface area (Å²) in [5, 5.41) is 0. The molecular weight excluding hydrogens is 477 g/mol. The maximum absolute atomic E-state index is 13.9. The summed E-state index contributed by atoms with van der Waals surface area (Å²) in [7, 11) is 0. The zero-order valence-electron chi connectivity index (χ0n) is 22.9. The lowest BCUT2D eigenvalue weighted by atomic mass is 9.94. The van der Waals surface area contributed by atoms with Crippen molar-refractivity contribution in [2.75, 3.05) is 6.54 Å². The van der Waals surface area contributed by atoms with Crippen LogP contribution in [0.25, 0.3) is 0 Å². The summed E-state index contributed by atoms with van der Waals surface area (Å²) >= 11 is 0. The average molecular weight is 518 g/mol. The number of aromatic nitrogens is 1. The highest BCUT2D eigenvalue weighted by Crippen LogP contribution is 2.25. The number of halogens is 1. The van der Waals surface area contributed by atoms with Crippen LogP contribution in [0.3, 0.4) is 0 Å². The monoisotopic (exact) mass is 517 g/mol. The van der Waals surface area contributed by atoms with Crippen LogP contribution in [0.15, 0.2) is 66.9 Å². The lowest BCUT2D eigenvalue weighted by molar-refractivity contribution is -0.136. The van der Waals surface area contributed by atoms with E-state index < -0.39 is 0 Å². The summed E-state index contributed by atoms with van der Waals surface area (Å²) in [5.74, 6) is -0.376. The second kappa shape index (κ2) is 12.9. The molecule has 202 valence electrons. The molecule has 0 atom stereocenters. The van der Waals surface area contributed by atoms with Crippen molar-refractivity contribution in [3.8, 4) is 0 Å². The number of rotatable bonds is 10. The van der Waals surface area contributed by atoms with E-state index in [1.807, 2.05) is 61.3 Å². The lowest BCUT2D eigenvalue weighted by Gasteiger charge is -2.37. The molecule has 0 bridgehead atoms. The first-order valence-electron chi connectivity index (χ1n) is 13.9. The van der Waals surface area contributed by atoms with E-state index in [0.717, 1.165) is 43.4 Å².